The number of hydrogen-bond acceptors (Lipinski definition) is 4. The Morgan fingerprint density at radius 2 is 2.23 bits per heavy atom. The zero-order valence-corrected chi connectivity index (χ0v) is 14.9. The molecule has 0 saturated carbocycles. The molecule has 1 amide bonds. The lowest BCUT2D eigenvalue weighted by Gasteiger charge is -2.24. The van der Waals surface area contributed by atoms with Crippen LogP contribution >= 0.6 is 0 Å². The fourth-order valence-electron chi connectivity index (χ4n) is 3.19. The van der Waals surface area contributed by atoms with Crippen molar-refractivity contribution in [2.75, 3.05) is 26.3 Å². The molecule has 2 N–H and O–H groups in total. The molecule has 1 fully saturated rings. The van der Waals surface area contributed by atoms with E-state index in [0.717, 1.165) is 29.5 Å². The van der Waals surface area contributed by atoms with Gasteiger partial charge in [-0.1, -0.05) is 0 Å². The van der Waals surface area contributed by atoms with Crippen molar-refractivity contribution in [2.24, 2.45) is 0 Å². The van der Waals surface area contributed by atoms with Gasteiger partial charge in [0.1, 0.15) is 11.4 Å². The van der Waals surface area contributed by atoms with Crippen LogP contribution in [0.3, 0.4) is 0 Å². The van der Waals surface area contributed by atoms with Crippen molar-refractivity contribution in [1.82, 2.24) is 9.88 Å². The fourth-order valence-corrected chi connectivity index (χ4v) is 3.19. The Labute approximate surface area is 151 Å². The molecule has 2 aromatic rings. The van der Waals surface area contributed by atoms with E-state index in [9.17, 15) is 9.59 Å². The predicted octanol–water partition coefficient (Wildman–Crippen LogP) is 2.66. The molecule has 26 heavy (non-hydrogen) atoms. The summed E-state index contributed by atoms with van der Waals surface area (Å²) in [6.07, 6.45) is 1.74. The van der Waals surface area contributed by atoms with Crippen LogP contribution in [0, 0.1) is 0 Å². The monoisotopic (exact) mass is 360 g/mol. The summed E-state index contributed by atoms with van der Waals surface area (Å²) in [7, 11) is 0. The van der Waals surface area contributed by atoms with Gasteiger partial charge in [0.15, 0.2) is 0 Å². The Balaban J connectivity index is 1.79. The minimum Gasteiger partial charge on any atom is -0.494 e. The van der Waals surface area contributed by atoms with Crippen molar-refractivity contribution in [1.29, 1.82) is 0 Å². The van der Waals surface area contributed by atoms with Crippen LogP contribution in [-0.2, 0) is 9.53 Å². The molecule has 7 nitrogen and oxygen atoms in total. The summed E-state index contributed by atoms with van der Waals surface area (Å²) in [6.45, 7) is 3.75. The molecule has 1 atom stereocenters. The van der Waals surface area contributed by atoms with Gasteiger partial charge in [0, 0.05) is 36.7 Å². The van der Waals surface area contributed by atoms with Gasteiger partial charge in [0.25, 0.3) is 5.91 Å². The summed E-state index contributed by atoms with van der Waals surface area (Å²) in [6, 6.07) is 7.41. The lowest BCUT2D eigenvalue weighted by molar-refractivity contribution is -0.137. The van der Waals surface area contributed by atoms with Crippen molar-refractivity contribution in [2.45, 2.75) is 32.3 Å². The van der Waals surface area contributed by atoms with E-state index in [4.69, 9.17) is 14.6 Å². The molecule has 0 radical (unpaired) electrons. The molecule has 2 heterocycles. The molecule has 1 aromatic heterocycles. The maximum atomic E-state index is 12.9. The summed E-state index contributed by atoms with van der Waals surface area (Å²) < 4.78 is 11.1. The molecule has 0 unspecified atom stereocenters. The average Bonchev–Trinajstić information content (AvgIpc) is 3.27. The largest absolute Gasteiger partial charge is 0.494 e. The predicted molar refractivity (Wildman–Crippen MR) is 96.6 cm³/mol. The van der Waals surface area contributed by atoms with Gasteiger partial charge in [-0.25, -0.2) is 0 Å². The first kappa shape index (κ1) is 18.3. The second-order valence-electron chi connectivity index (χ2n) is 6.40. The number of rotatable bonds is 8. The van der Waals surface area contributed by atoms with Crippen molar-refractivity contribution < 1.29 is 24.2 Å². The minimum absolute atomic E-state index is 0.0262. The number of fused-ring (bicyclic) bond motifs is 1. The number of aromatic amines is 1. The Bertz CT molecular complexity index is 779. The SMILES string of the molecule is CCOc1ccc2cc(C(=O)N(CCC(=O)O)C[C@H]3CCCO3)[nH]c2c1. The molecule has 1 aliphatic rings. The van der Waals surface area contributed by atoms with E-state index in [1.165, 1.54) is 0 Å². The highest BCUT2D eigenvalue weighted by atomic mass is 16.5. The van der Waals surface area contributed by atoms with Gasteiger partial charge in [0.2, 0.25) is 0 Å². The Morgan fingerprint density at radius 1 is 1.38 bits per heavy atom. The van der Waals surface area contributed by atoms with Crippen LogP contribution in [0.2, 0.25) is 0 Å². The number of carboxylic acid groups (broad SMARTS) is 1. The summed E-state index contributed by atoms with van der Waals surface area (Å²) in [5, 5.41) is 9.89. The lowest BCUT2D eigenvalue weighted by atomic mass is 10.2. The van der Waals surface area contributed by atoms with E-state index in [1.54, 1.807) is 11.0 Å². The maximum Gasteiger partial charge on any atom is 0.305 e. The number of H-pyrrole nitrogens is 1. The molecule has 7 heteroatoms. The molecule has 140 valence electrons. The van der Waals surface area contributed by atoms with Gasteiger partial charge in [0.05, 0.1) is 19.1 Å². The highest BCUT2D eigenvalue weighted by molar-refractivity contribution is 5.98. The van der Waals surface area contributed by atoms with Crippen LogP contribution in [-0.4, -0.2) is 59.3 Å². The van der Waals surface area contributed by atoms with Crippen molar-refractivity contribution in [3.63, 3.8) is 0 Å². The van der Waals surface area contributed by atoms with Crippen molar-refractivity contribution >= 4 is 22.8 Å². The van der Waals surface area contributed by atoms with Gasteiger partial charge < -0.3 is 24.5 Å². The number of aliphatic carboxylic acids is 1. The normalized spacial score (nSPS) is 16.7. The van der Waals surface area contributed by atoms with Crippen LogP contribution in [0.4, 0.5) is 0 Å². The van der Waals surface area contributed by atoms with Gasteiger partial charge in [-0.2, -0.15) is 0 Å². The quantitative estimate of drug-likeness (QED) is 0.755. The van der Waals surface area contributed by atoms with Crippen molar-refractivity contribution in [3.05, 3.63) is 30.0 Å². The number of carboxylic acids is 1. The van der Waals surface area contributed by atoms with Crippen LogP contribution in [0.15, 0.2) is 24.3 Å². The highest BCUT2D eigenvalue weighted by Gasteiger charge is 2.25. The molecule has 1 aliphatic heterocycles. The average molecular weight is 360 g/mol. The van der Waals surface area contributed by atoms with E-state index in [1.807, 2.05) is 25.1 Å². The summed E-state index contributed by atoms with van der Waals surface area (Å²) in [4.78, 5) is 28.6. The standard InChI is InChI=1S/C19H24N2O5/c1-2-25-14-6-5-13-10-17(20-16(13)11-14)19(24)21(8-7-18(22)23)12-15-4-3-9-26-15/h5-6,10-11,15,20H,2-4,7-9,12H2,1H3,(H,22,23)/t15-/m1/s1. The number of aromatic nitrogens is 1. The van der Waals surface area contributed by atoms with Crippen LogP contribution in [0.5, 0.6) is 5.75 Å². The third-order valence-electron chi connectivity index (χ3n) is 4.47. The zero-order valence-electron chi connectivity index (χ0n) is 14.9. The Morgan fingerprint density at radius 3 is 2.92 bits per heavy atom. The summed E-state index contributed by atoms with van der Waals surface area (Å²) in [5.74, 6) is -0.396. The fraction of sp³-hybridized carbons (Fsp3) is 0.474. The lowest BCUT2D eigenvalue weighted by Crippen LogP contribution is -2.39. The van der Waals surface area contributed by atoms with E-state index in [2.05, 4.69) is 4.98 Å². The van der Waals surface area contributed by atoms with Gasteiger partial charge in [-0.05, 0) is 38.0 Å². The molecular formula is C19H24N2O5. The second kappa shape index (κ2) is 8.23. The zero-order chi connectivity index (χ0) is 18.5. The minimum atomic E-state index is -0.923. The molecule has 3 rings (SSSR count). The van der Waals surface area contributed by atoms with Crippen LogP contribution in [0.25, 0.3) is 10.9 Å². The Hall–Kier alpha value is -2.54. The number of nitrogens with one attached hydrogen (secondary N) is 1. The van der Waals surface area contributed by atoms with Gasteiger partial charge >= 0.3 is 5.97 Å². The van der Waals surface area contributed by atoms with E-state index in [0.29, 0.717) is 25.5 Å². The molecule has 1 saturated heterocycles. The first-order valence-corrected chi connectivity index (χ1v) is 8.95. The molecule has 0 aliphatic carbocycles. The van der Waals surface area contributed by atoms with E-state index >= 15 is 0 Å². The maximum absolute atomic E-state index is 12.9. The topological polar surface area (TPSA) is 91.9 Å². The van der Waals surface area contributed by atoms with E-state index < -0.39 is 5.97 Å². The molecular weight excluding hydrogens is 336 g/mol. The van der Waals surface area contributed by atoms with Gasteiger partial charge in [-0.3, -0.25) is 9.59 Å². The number of nitrogens with zero attached hydrogens (tertiary/aromatic N) is 1. The highest BCUT2D eigenvalue weighted by Crippen LogP contribution is 2.23. The van der Waals surface area contributed by atoms with Gasteiger partial charge in [-0.15, -0.1) is 0 Å². The number of hydrogen-bond donors (Lipinski definition) is 2. The molecule has 0 bridgehead atoms. The van der Waals surface area contributed by atoms with Crippen LogP contribution < -0.4 is 4.74 Å². The summed E-state index contributed by atoms with van der Waals surface area (Å²) >= 11 is 0. The first-order chi connectivity index (χ1) is 12.6. The molecule has 0 spiro atoms. The van der Waals surface area contributed by atoms with Crippen molar-refractivity contribution in [3.8, 4) is 5.75 Å². The first-order valence-electron chi connectivity index (χ1n) is 8.95. The Kier molecular flexibility index (Phi) is 5.78. The number of carbonyl (C=O) groups is 2. The number of benzene rings is 1. The number of carbonyl (C=O) groups excluding carboxylic acids is 1. The van der Waals surface area contributed by atoms with E-state index in [-0.39, 0.29) is 25.0 Å². The molecule has 1 aromatic carbocycles. The third kappa shape index (κ3) is 4.35. The second-order valence-corrected chi connectivity index (χ2v) is 6.40. The number of ether oxygens (including phenoxy) is 2. The third-order valence-corrected chi connectivity index (χ3v) is 4.47. The summed E-state index contributed by atoms with van der Waals surface area (Å²) in [5.41, 5.74) is 1.26. The number of amides is 1. The smallest absolute Gasteiger partial charge is 0.305 e. The van der Waals surface area contributed by atoms with Crippen LogP contribution in [0.1, 0.15) is 36.7 Å².